The fourth-order valence-electron chi connectivity index (χ4n) is 7.29. The second-order valence-electron chi connectivity index (χ2n) is 15.8. The van der Waals surface area contributed by atoms with Gasteiger partial charge in [-0.05, 0) is 69.8 Å². The van der Waals surface area contributed by atoms with E-state index in [2.05, 4.69) is 171 Å². The molecule has 0 bridgehead atoms. The molecular weight excluding hydrogens is 832 g/mol. The number of rotatable bonds is 5. The third-order valence-electron chi connectivity index (χ3n) is 10.1. The molecular formula is C47H40N4OPt-2. The van der Waals surface area contributed by atoms with Crippen LogP contribution in [0.5, 0.6) is 0 Å². The number of para-hydroxylation sites is 3. The summed E-state index contributed by atoms with van der Waals surface area (Å²) in [5.41, 5.74) is 11.9. The molecule has 5 nitrogen and oxygen atoms in total. The third kappa shape index (κ3) is 6.11. The molecule has 0 spiro atoms. The number of hydrogen-bond acceptors (Lipinski definition) is 2. The zero-order valence-electron chi connectivity index (χ0n) is 30.8. The fraction of sp³-hybridized carbons (Fsp3) is 0.191. The van der Waals surface area contributed by atoms with Crippen LogP contribution in [0.2, 0.25) is 0 Å². The summed E-state index contributed by atoms with van der Waals surface area (Å²) in [6, 6.07) is 46.2. The quantitative estimate of drug-likeness (QED) is 0.128. The van der Waals surface area contributed by atoms with Crippen molar-refractivity contribution >= 4 is 43.8 Å². The van der Waals surface area contributed by atoms with E-state index in [0.29, 0.717) is 6.42 Å². The Morgan fingerprint density at radius 1 is 0.679 bits per heavy atom. The van der Waals surface area contributed by atoms with Gasteiger partial charge in [0.05, 0.1) is 28.4 Å². The van der Waals surface area contributed by atoms with E-state index in [1.165, 1.54) is 16.5 Å². The van der Waals surface area contributed by atoms with Gasteiger partial charge in [0.2, 0.25) is 0 Å². The van der Waals surface area contributed by atoms with E-state index in [4.69, 9.17) is 9.40 Å². The van der Waals surface area contributed by atoms with Gasteiger partial charge in [-0.3, -0.25) is 4.57 Å². The van der Waals surface area contributed by atoms with Gasteiger partial charge in [-0.15, -0.1) is 5.39 Å². The van der Waals surface area contributed by atoms with Crippen LogP contribution >= 0.6 is 0 Å². The van der Waals surface area contributed by atoms with Crippen molar-refractivity contribution in [2.45, 2.75) is 58.8 Å². The minimum Gasteiger partial charge on any atom is -0.464 e. The minimum absolute atomic E-state index is 0. The molecule has 0 aliphatic carbocycles. The summed E-state index contributed by atoms with van der Waals surface area (Å²) < 4.78 is 12.3. The SMILES string of the molecule is CC(C)(C)c1cc(-[n+]2[c-]n(-c3[c-]c(Cc4[c-]c5c(cc4)c4ccccc4n5-c4nccc5occc45)ccc3)c3ccccc32)cc(C(C)(C)C)c1.[Pt]. The molecule has 0 aliphatic rings. The van der Waals surface area contributed by atoms with Crippen molar-refractivity contribution in [3.8, 4) is 17.2 Å². The molecule has 0 amide bonds. The van der Waals surface area contributed by atoms with Crippen molar-refractivity contribution in [2.24, 2.45) is 0 Å². The zero-order chi connectivity index (χ0) is 35.8. The van der Waals surface area contributed by atoms with E-state index in [0.717, 1.165) is 66.7 Å². The molecule has 0 N–H and O–H groups in total. The minimum atomic E-state index is 0. The van der Waals surface area contributed by atoms with Gasteiger partial charge in [0.25, 0.3) is 6.33 Å². The Hall–Kier alpha value is -5.25. The molecule has 9 rings (SSSR count). The predicted molar refractivity (Wildman–Crippen MR) is 210 cm³/mol. The normalized spacial score (nSPS) is 12.3. The fourth-order valence-corrected chi connectivity index (χ4v) is 7.29. The largest absolute Gasteiger partial charge is 0.464 e. The van der Waals surface area contributed by atoms with E-state index in [9.17, 15) is 0 Å². The monoisotopic (exact) mass is 871 g/mol. The maximum Gasteiger partial charge on any atom is 0.268 e. The average molecular weight is 872 g/mol. The maximum atomic E-state index is 5.75. The first-order chi connectivity index (χ1) is 25.0. The Morgan fingerprint density at radius 3 is 2.17 bits per heavy atom. The molecule has 5 aromatic carbocycles. The Morgan fingerprint density at radius 2 is 1.40 bits per heavy atom. The molecule has 266 valence electrons. The first-order valence-electron chi connectivity index (χ1n) is 17.9. The van der Waals surface area contributed by atoms with Crippen molar-refractivity contribution < 1.29 is 30.0 Å². The maximum absolute atomic E-state index is 5.75. The van der Waals surface area contributed by atoms with Gasteiger partial charge in [0.1, 0.15) is 11.4 Å². The molecule has 0 saturated heterocycles. The van der Waals surface area contributed by atoms with Crippen LogP contribution in [0.1, 0.15) is 63.8 Å². The van der Waals surface area contributed by atoms with Crippen molar-refractivity contribution in [1.29, 1.82) is 0 Å². The van der Waals surface area contributed by atoms with E-state index >= 15 is 0 Å². The number of hydrogen-bond donors (Lipinski definition) is 0. The summed E-state index contributed by atoms with van der Waals surface area (Å²) in [5.74, 6) is 0.838. The van der Waals surface area contributed by atoms with Crippen LogP contribution in [-0.2, 0) is 38.3 Å². The van der Waals surface area contributed by atoms with Gasteiger partial charge in [-0.2, -0.15) is 53.6 Å². The summed E-state index contributed by atoms with van der Waals surface area (Å²) >= 11 is 0. The summed E-state index contributed by atoms with van der Waals surface area (Å²) in [7, 11) is 0. The number of pyridine rings is 1. The molecule has 0 unspecified atom stereocenters. The molecule has 0 radical (unpaired) electrons. The van der Waals surface area contributed by atoms with E-state index in [1.807, 2.05) is 18.3 Å². The van der Waals surface area contributed by atoms with Crippen LogP contribution in [0.4, 0.5) is 0 Å². The molecule has 4 heterocycles. The summed E-state index contributed by atoms with van der Waals surface area (Å²) in [4.78, 5) is 4.83. The van der Waals surface area contributed by atoms with Crippen LogP contribution in [-0.4, -0.2) is 14.1 Å². The second-order valence-corrected chi connectivity index (χ2v) is 15.8. The van der Waals surface area contributed by atoms with Crippen LogP contribution < -0.4 is 4.57 Å². The molecule has 0 aliphatic heterocycles. The van der Waals surface area contributed by atoms with E-state index in [-0.39, 0.29) is 31.9 Å². The Kier molecular flexibility index (Phi) is 8.54. The van der Waals surface area contributed by atoms with Gasteiger partial charge in [-0.25, -0.2) is 4.98 Å². The van der Waals surface area contributed by atoms with Crippen LogP contribution in [0.25, 0.3) is 61.0 Å². The number of imidazole rings is 1. The van der Waals surface area contributed by atoms with Gasteiger partial charge in [-0.1, -0.05) is 95.6 Å². The number of fused-ring (bicyclic) bond motifs is 5. The number of benzene rings is 5. The third-order valence-corrected chi connectivity index (χ3v) is 10.1. The van der Waals surface area contributed by atoms with Crippen LogP contribution in [0.15, 0.2) is 126 Å². The van der Waals surface area contributed by atoms with Crippen molar-refractivity contribution in [3.05, 3.63) is 162 Å². The van der Waals surface area contributed by atoms with Gasteiger partial charge in [0, 0.05) is 32.8 Å². The van der Waals surface area contributed by atoms with Crippen molar-refractivity contribution in [2.75, 3.05) is 0 Å². The van der Waals surface area contributed by atoms with Crippen LogP contribution in [0.3, 0.4) is 0 Å². The number of furan rings is 1. The first-order valence-corrected chi connectivity index (χ1v) is 17.9. The van der Waals surface area contributed by atoms with Gasteiger partial charge < -0.3 is 13.6 Å². The molecule has 0 fully saturated rings. The Labute approximate surface area is 324 Å². The van der Waals surface area contributed by atoms with Crippen molar-refractivity contribution in [3.63, 3.8) is 0 Å². The molecule has 4 aromatic heterocycles. The molecule has 0 saturated carbocycles. The van der Waals surface area contributed by atoms with Gasteiger partial charge >= 0.3 is 0 Å². The van der Waals surface area contributed by atoms with Crippen molar-refractivity contribution in [1.82, 2.24) is 14.1 Å². The second kappa shape index (κ2) is 13.0. The predicted octanol–water partition coefficient (Wildman–Crippen LogP) is 10.7. The smallest absolute Gasteiger partial charge is 0.268 e. The number of nitrogens with zero attached hydrogens (tertiary/aromatic N) is 4. The Balaban J connectivity index is 0.00000400. The topological polar surface area (TPSA) is 39.8 Å². The van der Waals surface area contributed by atoms with E-state index in [1.54, 1.807) is 6.26 Å². The van der Waals surface area contributed by atoms with Crippen LogP contribution in [0, 0.1) is 18.5 Å². The van der Waals surface area contributed by atoms with E-state index < -0.39 is 0 Å². The standard InChI is InChI=1S/C47H40N4O.Pt/c1-46(2,3)33-27-34(47(4,5)6)29-36(28-33)50-30-49(41-16-9-10-17-42(41)50)35-13-11-12-31(25-35)24-32-18-19-38-37-14-7-8-15-40(37)51(43(38)26-32)45-39-21-23-52-44(39)20-22-48-45;/h7-23,27-29H,24H2,1-6H3;/q-2;. The molecule has 6 heteroatoms. The summed E-state index contributed by atoms with van der Waals surface area (Å²) in [6.07, 6.45) is 7.93. The molecule has 0 atom stereocenters. The number of aromatic nitrogens is 4. The average Bonchev–Trinajstić information content (AvgIpc) is 3.85. The summed E-state index contributed by atoms with van der Waals surface area (Å²) in [6.45, 7) is 13.7. The molecule has 53 heavy (non-hydrogen) atoms. The zero-order valence-corrected chi connectivity index (χ0v) is 33.0. The Bertz CT molecular complexity index is 2770. The van der Waals surface area contributed by atoms with Gasteiger partial charge in [0.15, 0.2) is 0 Å². The first kappa shape index (κ1) is 34.8. The summed E-state index contributed by atoms with van der Waals surface area (Å²) in [5, 5.41) is 3.28. The molecule has 9 aromatic rings.